The van der Waals surface area contributed by atoms with Crippen molar-refractivity contribution >= 4 is 58.8 Å². The van der Waals surface area contributed by atoms with Gasteiger partial charge in [-0.3, -0.25) is 0 Å². The van der Waals surface area contributed by atoms with Crippen molar-refractivity contribution in [3.63, 3.8) is 0 Å². The van der Waals surface area contributed by atoms with Gasteiger partial charge < -0.3 is 20.5 Å². The van der Waals surface area contributed by atoms with Crippen molar-refractivity contribution in [3.8, 4) is 5.75 Å². The average Bonchev–Trinajstić information content (AvgIpc) is 2.73. The highest BCUT2D eigenvalue weighted by Crippen LogP contribution is 2.30. The summed E-state index contributed by atoms with van der Waals surface area (Å²) >= 11 is 12.3. The van der Waals surface area contributed by atoms with Crippen LogP contribution in [0.25, 0.3) is 10.8 Å². The number of nitrogens with one attached hydrogen (secondary N) is 2. The molecule has 0 saturated carbocycles. The summed E-state index contributed by atoms with van der Waals surface area (Å²) < 4.78 is 6.15. The van der Waals surface area contributed by atoms with Crippen LogP contribution in [0.1, 0.15) is 17.5 Å². The highest BCUT2D eigenvalue weighted by atomic mass is 35.5. The molecule has 0 amide bonds. The smallest absolute Gasteiger partial charge is 0.124 e. The van der Waals surface area contributed by atoms with E-state index >= 15 is 0 Å². The minimum Gasteiger partial charge on any atom is -0.488 e. The summed E-state index contributed by atoms with van der Waals surface area (Å²) in [4.78, 5) is 0. The third kappa shape index (κ3) is 8.32. The van der Waals surface area contributed by atoms with Crippen LogP contribution in [0.5, 0.6) is 5.75 Å². The minimum atomic E-state index is 0. The predicted octanol–water partition coefficient (Wildman–Crippen LogP) is 5.63. The van der Waals surface area contributed by atoms with Gasteiger partial charge in [-0.2, -0.15) is 0 Å². The molecule has 4 nitrogen and oxygen atoms in total. The van der Waals surface area contributed by atoms with Crippen molar-refractivity contribution in [1.29, 1.82) is 0 Å². The molecule has 0 heterocycles. The van der Waals surface area contributed by atoms with Crippen molar-refractivity contribution in [2.45, 2.75) is 19.6 Å². The van der Waals surface area contributed by atoms with Gasteiger partial charge in [0.1, 0.15) is 12.4 Å². The van der Waals surface area contributed by atoms with Gasteiger partial charge in [-0.25, -0.2) is 0 Å². The van der Waals surface area contributed by atoms with Gasteiger partial charge in [-0.15, -0.1) is 24.8 Å². The number of aliphatic hydroxyl groups excluding tert-OH is 1. The van der Waals surface area contributed by atoms with Crippen molar-refractivity contribution in [2.75, 3.05) is 26.2 Å². The summed E-state index contributed by atoms with van der Waals surface area (Å²) in [6, 6.07) is 17.9. The van der Waals surface area contributed by atoms with E-state index in [1.165, 1.54) is 10.8 Å². The second-order valence-electron chi connectivity index (χ2n) is 6.79. The van der Waals surface area contributed by atoms with E-state index in [9.17, 15) is 0 Å². The number of hydrogen-bond acceptors (Lipinski definition) is 4. The lowest BCUT2D eigenvalue weighted by atomic mass is 10.0. The molecule has 3 rings (SSSR count). The van der Waals surface area contributed by atoms with E-state index in [4.69, 9.17) is 33.0 Å². The first-order chi connectivity index (χ1) is 14.2. The van der Waals surface area contributed by atoms with Crippen LogP contribution in [0.2, 0.25) is 10.0 Å². The molecular weight excluding hydrogens is 478 g/mol. The molecule has 0 bridgehead atoms. The Morgan fingerprint density at radius 1 is 0.871 bits per heavy atom. The highest BCUT2D eigenvalue weighted by molar-refractivity contribution is 6.35. The van der Waals surface area contributed by atoms with Gasteiger partial charge in [0.2, 0.25) is 0 Å². The fourth-order valence-corrected chi connectivity index (χ4v) is 3.65. The highest BCUT2D eigenvalue weighted by Gasteiger charge is 2.10. The summed E-state index contributed by atoms with van der Waals surface area (Å²) in [7, 11) is 0. The molecule has 8 heteroatoms. The van der Waals surface area contributed by atoms with Crippen molar-refractivity contribution in [1.82, 2.24) is 10.6 Å². The third-order valence-corrected chi connectivity index (χ3v) is 5.28. The fourth-order valence-electron chi connectivity index (χ4n) is 3.18. The lowest BCUT2D eigenvalue weighted by Crippen LogP contribution is -2.24. The van der Waals surface area contributed by atoms with Crippen LogP contribution < -0.4 is 15.4 Å². The quantitative estimate of drug-likeness (QED) is 0.295. The van der Waals surface area contributed by atoms with Gasteiger partial charge in [-0.1, -0.05) is 59.6 Å². The number of hydrogen-bond donors (Lipinski definition) is 3. The first-order valence-corrected chi connectivity index (χ1v) is 10.5. The maximum Gasteiger partial charge on any atom is 0.124 e. The largest absolute Gasteiger partial charge is 0.488 e. The van der Waals surface area contributed by atoms with Gasteiger partial charge in [0.05, 0.1) is 6.61 Å². The van der Waals surface area contributed by atoms with Crippen LogP contribution in [-0.2, 0) is 13.2 Å². The molecule has 31 heavy (non-hydrogen) atoms. The van der Waals surface area contributed by atoms with E-state index in [0.29, 0.717) is 29.7 Å². The normalized spacial score (nSPS) is 10.4. The summed E-state index contributed by atoms with van der Waals surface area (Å²) in [5.74, 6) is 0.848. The SMILES string of the molecule is Cl.Cl.OCCNCCCNCc1c(OCc2ccc(Cl)cc2Cl)ccc2ccccc12. The first kappa shape index (κ1) is 27.8. The molecule has 3 aromatic rings. The number of benzene rings is 3. The van der Waals surface area contributed by atoms with E-state index in [1.807, 2.05) is 30.3 Å². The maximum absolute atomic E-state index is 8.81. The van der Waals surface area contributed by atoms with Crippen LogP contribution >= 0.6 is 48.0 Å². The van der Waals surface area contributed by atoms with E-state index in [0.717, 1.165) is 36.4 Å². The number of rotatable bonds is 11. The fraction of sp³-hybridized carbons (Fsp3) is 0.304. The Morgan fingerprint density at radius 2 is 1.65 bits per heavy atom. The molecule has 0 aliphatic heterocycles. The molecule has 3 aromatic carbocycles. The molecule has 0 radical (unpaired) electrons. The summed E-state index contributed by atoms with van der Waals surface area (Å²) in [6.45, 7) is 3.65. The van der Waals surface area contributed by atoms with Crippen molar-refractivity contribution in [2.24, 2.45) is 0 Å². The second-order valence-corrected chi connectivity index (χ2v) is 7.64. The Morgan fingerprint density at radius 3 is 2.42 bits per heavy atom. The molecule has 0 aliphatic rings. The van der Waals surface area contributed by atoms with E-state index in [2.05, 4.69) is 28.8 Å². The molecule has 0 aromatic heterocycles. The predicted molar refractivity (Wildman–Crippen MR) is 136 cm³/mol. The van der Waals surface area contributed by atoms with Crippen LogP contribution in [0, 0.1) is 0 Å². The Hall–Kier alpha value is -1.24. The van der Waals surface area contributed by atoms with Crippen LogP contribution in [0.3, 0.4) is 0 Å². The van der Waals surface area contributed by atoms with E-state index in [1.54, 1.807) is 6.07 Å². The third-order valence-electron chi connectivity index (χ3n) is 4.69. The molecule has 170 valence electrons. The Balaban J connectivity index is 0.00000240. The molecule has 0 saturated heterocycles. The van der Waals surface area contributed by atoms with Gasteiger partial charge in [0.15, 0.2) is 0 Å². The zero-order chi connectivity index (χ0) is 20.5. The second kappa shape index (κ2) is 14.8. The summed E-state index contributed by atoms with van der Waals surface area (Å²) in [5, 5.41) is 19.1. The Labute approximate surface area is 206 Å². The van der Waals surface area contributed by atoms with E-state index in [-0.39, 0.29) is 31.4 Å². The van der Waals surface area contributed by atoms with Gasteiger partial charge in [0, 0.05) is 34.3 Å². The molecule has 0 unspecified atom stereocenters. The van der Waals surface area contributed by atoms with Gasteiger partial charge in [-0.05, 0) is 48.5 Å². The molecule has 0 fully saturated rings. The maximum atomic E-state index is 8.81. The Kier molecular flexibility index (Phi) is 13.2. The lowest BCUT2D eigenvalue weighted by Gasteiger charge is -2.16. The zero-order valence-corrected chi connectivity index (χ0v) is 20.2. The van der Waals surface area contributed by atoms with Crippen LogP contribution in [-0.4, -0.2) is 31.3 Å². The number of ether oxygens (including phenoxy) is 1. The molecule has 0 aliphatic carbocycles. The molecule has 0 atom stereocenters. The van der Waals surface area contributed by atoms with Gasteiger partial charge in [0.25, 0.3) is 0 Å². The van der Waals surface area contributed by atoms with Crippen LogP contribution in [0.4, 0.5) is 0 Å². The zero-order valence-electron chi connectivity index (χ0n) is 17.1. The molecular formula is C23H28Cl4N2O2. The first-order valence-electron chi connectivity index (χ1n) is 9.78. The van der Waals surface area contributed by atoms with Crippen LogP contribution in [0.15, 0.2) is 54.6 Å². The topological polar surface area (TPSA) is 53.5 Å². The number of fused-ring (bicyclic) bond motifs is 1. The summed E-state index contributed by atoms with van der Waals surface area (Å²) in [6.07, 6.45) is 0.987. The van der Waals surface area contributed by atoms with Crippen molar-refractivity contribution < 1.29 is 9.84 Å². The number of aliphatic hydroxyl groups is 1. The van der Waals surface area contributed by atoms with E-state index < -0.39 is 0 Å². The molecule has 3 N–H and O–H groups in total. The van der Waals surface area contributed by atoms with Crippen molar-refractivity contribution in [3.05, 3.63) is 75.8 Å². The number of halogens is 4. The average molecular weight is 506 g/mol. The molecule has 0 spiro atoms. The standard InChI is InChI=1S/C23H26Cl2N2O2.2ClH/c24-19-8-6-18(22(25)14-19)16-29-23-9-7-17-4-1-2-5-20(17)21(23)15-27-11-3-10-26-12-13-28;;/h1-2,4-9,14,26-28H,3,10-13,15-16H2;2*1H. The lowest BCUT2D eigenvalue weighted by molar-refractivity contribution is 0.292. The minimum absolute atomic E-state index is 0. The summed E-state index contributed by atoms with van der Waals surface area (Å²) in [5.41, 5.74) is 2.04. The Bertz CT molecular complexity index is 941. The van der Waals surface area contributed by atoms with Gasteiger partial charge >= 0.3 is 0 Å². The monoisotopic (exact) mass is 504 g/mol.